The van der Waals surface area contributed by atoms with E-state index in [2.05, 4.69) is 15.5 Å². The summed E-state index contributed by atoms with van der Waals surface area (Å²) in [6, 6.07) is 0. The summed E-state index contributed by atoms with van der Waals surface area (Å²) >= 11 is 0. The summed E-state index contributed by atoms with van der Waals surface area (Å²) in [6.45, 7) is 0.247. The van der Waals surface area contributed by atoms with Crippen molar-refractivity contribution in [3.63, 3.8) is 0 Å². The molecule has 1 unspecified atom stereocenters. The molecule has 1 atom stereocenters. The highest BCUT2D eigenvalue weighted by atomic mass is 19.4. The number of hydrogen-bond donors (Lipinski definition) is 1. The van der Waals surface area contributed by atoms with Crippen LogP contribution in [0.5, 0.6) is 0 Å². The zero-order valence-electron chi connectivity index (χ0n) is 9.85. The molecule has 0 aliphatic carbocycles. The number of nitrogens with zero attached hydrogens (tertiary/aromatic N) is 5. The van der Waals surface area contributed by atoms with Crippen molar-refractivity contribution in [2.45, 2.75) is 31.2 Å². The van der Waals surface area contributed by atoms with Crippen LogP contribution < -0.4 is 0 Å². The van der Waals surface area contributed by atoms with Crippen molar-refractivity contribution < 1.29 is 18.3 Å². The average Bonchev–Trinajstić information content (AvgIpc) is 2.63. The van der Waals surface area contributed by atoms with E-state index >= 15 is 0 Å². The summed E-state index contributed by atoms with van der Waals surface area (Å²) in [7, 11) is 1.62. The lowest BCUT2D eigenvalue weighted by Gasteiger charge is -2.39. The quantitative estimate of drug-likeness (QED) is 0.821. The number of rotatable bonds is 2. The van der Waals surface area contributed by atoms with Crippen LogP contribution in [0.1, 0.15) is 18.7 Å². The minimum absolute atomic E-state index is 0.196. The Balaban J connectivity index is 2.06. The van der Waals surface area contributed by atoms with E-state index in [1.165, 1.54) is 9.58 Å². The molecule has 0 bridgehead atoms. The normalized spacial score (nSPS) is 26.5. The second kappa shape index (κ2) is 4.47. The first kappa shape index (κ1) is 13.2. The second-order valence-corrected chi connectivity index (χ2v) is 4.56. The molecule has 18 heavy (non-hydrogen) atoms. The van der Waals surface area contributed by atoms with Gasteiger partial charge in [0.05, 0.1) is 6.54 Å². The van der Waals surface area contributed by atoms with Gasteiger partial charge in [0.2, 0.25) is 0 Å². The van der Waals surface area contributed by atoms with Crippen molar-refractivity contribution in [3.05, 3.63) is 5.82 Å². The van der Waals surface area contributed by atoms with E-state index in [0.29, 0.717) is 18.8 Å². The molecule has 102 valence electrons. The van der Waals surface area contributed by atoms with Crippen molar-refractivity contribution in [1.29, 1.82) is 0 Å². The van der Waals surface area contributed by atoms with Gasteiger partial charge in [-0.2, -0.15) is 13.2 Å². The zero-order chi connectivity index (χ0) is 13.4. The molecule has 1 aromatic heterocycles. The predicted octanol–water partition coefficient (Wildman–Crippen LogP) is 0.0993. The van der Waals surface area contributed by atoms with Crippen molar-refractivity contribution >= 4 is 0 Å². The summed E-state index contributed by atoms with van der Waals surface area (Å²) in [5.41, 5.74) is -2.63. The van der Waals surface area contributed by atoms with Gasteiger partial charge in [-0.15, -0.1) is 5.10 Å². The minimum atomic E-state index is -4.61. The molecule has 9 heteroatoms. The van der Waals surface area contributed by atoms with Gasteiger partial charge in [-0.25, -0.2) is 4.68 Å². The Kier molecular flexibility index (Phi) is 3.28. The van der Waals surface area contributed by atoms with Crippen molar-refractivity contribution in [2.24, 2.45) is 7.05 Å². The Bertz CT molecular complexity index is 421. The van der Waals surface area contributed by atoms with Crippen molar-refractivity contribution in [3.8, 4) is 0 Å². The highest BCUT2D eigenvalue weighted by molar-refractivity contribution is 4.94. The Morgan fingerprint density at radius 3 is 2.72 bits per heavy atom. The van der Waals surface area contributed by atoms with Crippen LogP contribution in [0.4, 0.5) is 13.2 Å². The molecule has 1 aliphatic rings. The average molecular weight is 265 g/mol. The largest absolute Gasteiger partial charge is 0.418 e. The predicted molar refractivity (Wildman–Crippen MR) is 54.3 cm³/mol. The Morgan fingerprint density at radius 1 is 1.44 bits per heavy atom. The summed E-state index contributed by atoms with van der Waals surface area (Å²) in [5.74, 6) is 0.474. The number of aryl methyl sites for hydroxylation is 1. The van der Waals surface area contributed by atoms with Gasteiger partial charge >= 0.3 is 6.18 Å². The molecule has 1 N–H and O–H groups in total. The fourth-order valence-corrected chi connectivity index (χ4v) is 2.07. The van der Waals surface area contributed by atoms with Crippen molar-refractivity contribution in [2.75, 3.05) is 13.1 Å². The number of likely N-dealkylation sites (tertiary alicyclic amines) is 1. The van der Waals surface area contributed by atoms with Gasteiger partial charge in [-0.3, -0.25) is 4.90 Å². The fourth-order valence-electron chi connectivity index (χ4n) is 2.07. The van der Waals surface area contributed by atoms with E-state index in [1.807, 2.05) is 0 Å². The first-order chi connectivity index (χ1) is 8.32. The van der Waals surface area contributed by atoms with Gasteiger partial charge in [-0.05, 0) is 29.8 Å². The lowest BCUT2D eigenvalue weighted by Crippen LogP contribution is -2.56. The molecule has 0 amide bonds. The van der Waals surface area contributed by atoms with E-state index in [1.54, 1.807) is 7.05 Å². The van der Waals surface area contributed by atoms with E-state index in [-0.39, 0.29) is 13.0 Å². The standard InChI is InChI=1S/C9H14F3N5O/c1-16-7(13-14-15-16)5-17-4-2-3-8(18,6-17)9(10,11)12/h18H,2-6H2,1H3. The Labute approximate surface area is 101 Å². The summed E-state index contributed by atoms with van der Waals surface area (Å²) < 4.78 is 39.6. The molecule has 2 rings (SSSR count). The van der Waals surface area contributed by atoms with Crippen LogP contribution in [-0.2, 0) is 13.6 Å². The summed E-state index contributed by atoms with van der Waals surface area (Å²) in [6.07, 6.45) is -4.57. The number of hydrogen-bond acceptors (Lipinski definition) is 5. The molecule has 1 saturated heterocycles. The monoisotopic (exact) mass is 265 g/mol. The van der Waals surface area contributed by atoms with Crippen LogP contribution in [0.3, 0.4) is 0 Å². The SMILES string of the molecule is Cn1nnnc1CN1CCCC(O)(C(F)(F)F)C1. The Morgan fingerprint density at radius 2 is 2.17 bits per heavy atom. The van der Waals surface area contributed by atoms with Gasteiger partial charge in [0.15, 0.2) is 11.4 Å². The summed E-state index contributed by atoms with van der Waals surface area (Å²) in [4.78, 5) is 1.52. The molecule has 1 fully saturated rings. The lowest BCUT2D eigenvalue weighted by atomic mass is 9.92. The first-order valence-electron chi connectivity index (χ1n) is 5.54. The minimum Gasteiger partial charge on any atom is -0.379 e. The molecule has 0 spiro atoms. The van der Waals surface area contributed by atoms with Gasteiger partial charge in [-0.1, -0.05) is 0 Å². The van der Waals surface area contributed by atoms with Crippen LogP contribution in [0.25, 0.3) is 0 Å². The molecular weight excluding hydrogens is 251 g/mol. The third kappa shape index (κ3) is 2.46. The number of piperidine rings is 1. The number of aromatic nitrogens is 4. The van der Waals surface area contributed by atoms with Crippen LogP contribution in [0, 0.1) is 0 Å². The number of halogens is 3. The maximum Gasteiger partial charge on any atom is 0.418 e. The van der Waals surface area contributed by atoms with Crippen LogP contribution in [0.2, 0.25) is 0 Å². The maximum absolute atomic E-state index is 12.7. The second-order valence-electron chi connectivity index (χ2n) is 4.56. The lowest BCUT2D eigenvalue weighted by molar-refractivity contribution is -0.274. The van der Waals surface area contributed by atoms with Crippen LogP contribution in [-0.4, -0.2) is 55.1 Å². The van der Waals surface area contributed by atoms with Crippen LogP contribution >= 0.6 is 0 Å². The smallest absolute Gasteiger partial charge is 0.379 e. The van der Waals surface area contributed by atoms with E-state index in [4.69, 9.17) is 0 Å². The molecule has 0 aromatic carbocycles. The third-order valence-corrected chi connectivity index (χ3v) is 3.15. The van der Waals surface area contributed by atoms with Gasteiger partial charge < -0.3 is 5.11 Å². The maximum atomic E-state index is 12.7. The zero-order valence-corrected chi connectivity index (χ0v) is 9.85. The number of β-amino-alcohol motifs (C(OH)–C–C–N with tert-alkyl or cyclic N) is 1. The molecule has 1 aromatic rings. The number of alkyl halides is 3. The van der Waals surface area contributed by atoms with Gasteiger partial charge in [0.1, 0.15) is 0 Å². The highest BCUT2D eigenvalue weighted by Gasteiger charge is 2.55. The van der Waals surface area contributed by atoms with Gasteiger partial charge in [0, 0.05) is 13.6 Å². The molecule has 0 radical (unpaired) electrons. The fraction of sp³-hybridized carbons (Fsp3) is 0.889. The summed E-state index contributed by atoms with van der Waals surface area (Å²) in [5, 5.41) is 20.4. The molecular formula is C9H14F3N5O. The van der Waals surface area contributed by atoms with Crippen LogP contribution in [0.15, 0.2) is 0 Å². The topological polar surface area (TPSA) is 67.1 Å². The third-order valence-electron chi connectivity index (χ3n) is 3.15. The van der Waals surface area contributed by atoms with E-state index in [0.717, 1.165) is 0 Å². The van der Waals surface area contributed by atoms with Crippen molar-refractivity contribution in [1.82, 2.24) is 25.1 Å². The molecule has 0 saturated carbocycles. The highest BCUT2D eigenvalue weighted by Crippen LogP contribution is 2.37. The molecule has 2 heterocycles. The molecule has 1 aliphatic heterocycles. The number of tetrazole rings is 1. The van der Waals surface area contributed by atoms with Gasteiger partial charge in [0.25, 0.3) is 0 Å². The van der Waals surface area contributed by atoms with E-state index in [9.17, 15) is 18.3 Å². The van der Waals surface area contributed by atoms with E-state index < -0.39 is 18.3 Å². The Hall–Kier alpha value is -1.22. The number of aliphatic hydroxyl groups is 1. The molecule has 6 nitrogen and oxygen atoms in total. The first-order valence-corrected chi connectivity index (χ1v) is 5.54.